The van der Waals surface area contributed by atoms with Crippen LogP contribution >= 0.6 is 0 Å². The quantitative estimate of drug-likeness (QED) is 0.769. The lowest BCUT2D eigenvalue weighted by Gasteiger charge is -2.11. The average molecular weight is 217 g/mol. The van der Waals surface area contributed by atoms with Crippen LogP contribution in [0.1, 0.15) is 18.1 Å². The van der Waals surface area contributed by atoms with Crippen molar-refractivity contribution in [2.75, 3.05) is 5.75 Å². The zero-order valence-electron chi connectivity index (χ0n) is 7.35. The SMILES string of the molecule is O=S([O-])CCC(O)c1ccc(F)cc1. The van der Waals surface area contributed by atoms with E-state index in [-0.39, 0.29) is 18.0 Å². The molecule has 1 N–H and O–H groups in total. The van der Waals surface area contributed by atoms with E-state index in [4.69, 9.17) is 0 Å². The summed E-state index contributed by atoms with van der Waals surface area (Å²) in [5.41, 5.74) is 0.525. The molecule has 0 aliphatic carbocycles. The third-order valence-electron chi connectivity index (χ3n) is 1.81. The molecule has 0 bridgehead atoms. The molecule has 0 heterocycles. The van der Waals surface area contributed by atoms with Crippen LogP contribution in [0.2, 0.25) is 0 Å². The Morgan fingerprint density at radius 3 is 2.50 bits per heavy atom. The summed E-state index contributed by atoms with van der Waals surface area (Å²) in [4.78, 5) is 0. The molecule has 0 saturated heterocycles. The largest absolute Gasteiger partial charge is 0.772 e. The number of aliphatic hydroxyl groups excluding tert-OH is 1. The molecule has 1 aromatic carbocycles. The summed E-state index contributed by atoms with van der Waals surface area (Å²) in [6.07, 6.45) is -0.727. The molecule has 0 aliphatic rings. The lowest BCUT2D eigenvalue weighted by molar-refractivity contribution is 0.174. The van der Waals surface area contributed by atoms with Gasteiger partial charge in [-0.25, -0.2) is 4.39 Å². The molecule has 0 saturated carbocycles. The number of hydrogen-bond acceptors (Lipinski definition) is 3. The van der Waals surface area contributed by atoms with Crippen LogP contribution in [0, 0.1) is 5.82 Å². The van der Waals surface area contributed by atoms with Gasteiger partial charge in [-0.3, -0.25) is 4.21 Å². The topological polar surface area (TPSA) is 60.4 Å². The van der Waals surface area contributed by atoms with Crippen molar-refractivity contribution in [3.63, 3.8) is 0 Å². The van der Waals surface area contributed by atoms with E-state index in [1.807, 2.05) is 0 Å². The summed E-state index contributed by atoms with van der Waals surface area (Å²) >= 11 is -2.15. The first kappa shape index (κ1) is 11.3. The molecule has 2 atom stereocenters. The Balaban J connectivity index is 2.56. The van der Waals surface area contributed by atoms with Crippen LogP contribution in [0.3, 0.4) is 0 Å². The molecule has 1 aromatic rings. The van der Waals surface area contributed by atoms with Crippen LogP contribution < -0.4 is 0 Å². The number of rotatable bonds is 4. The molecule has 2 unspecified atom stereocenters. The lowest BCUT2D eigenvalue weighted by Crippen LogP contribution is -2.04. The minimum absolute atomic E-state index is 0.0987. The highest BCUT2D eigenvalue weighted by molar-refractivity contribution is 7.79. The van der Waals surface area contributed by atoms with Gasteiger partial charge in [-0.15, -0.1) is 0 Å². The molecule has 1 rings (SSSR count). The molecule has 78 valence electrons. The van der Waals surface area contributed by atoms with Crippen molar-refractivity contribution in [3.8, 4) is 0 Å². The van der Waals surface area contributed by atoms with E-state index in [0.29, 0.717) is 5.56 Å². The van der Waals surface area contributed by atoms with Gasteiger partial charge in [-0.1, -0.05) is 23.2 Å². The number of benzene rings is 1. The zero-order valence-corrected chi connectivity index (χ0v) is 8.17. The summed E-state index contributed by atoms with van der Waals surface area (Å²) in [5, 5.41) is 9.46. The third-order valence-corrected chi connectivity index (χ3v) is 2.38. The Kier molecular flexibility index (Phi) is 4.19. The molecule has 14 heavy (non-hydrogen) atoms. The van der Waals surface area contributed by atoms with E-state index in [1.165, 1.54) is 24.3 Å². The van der Waals surface area contributed by atoms with Gasteiger partial charge >= 0.3 is 0 Å². The van der Waals surface area contributed by atoms with Crippen molar-refractivity contribution in [2.24, 2.45) is 0 Å². The predicted octanol–water partition coefficient (Wildman–Crippen LogP) is 1.13. The van der Waals surface area contributed by atoms with Crippen molar-refractivity contribution < 1.29 is 18.3 Å². The molecule has 5 heteroatoms. The Morgan fingerprint density at radius 1 is 1.43 bits per heavy atom. The maximum Gasteiger partial charge on any atom is 0.123 e. The Bertz CT molecular complexity index is 312. The monoisotopic (exact) mass is 217 g/mol. The predicted molar refractivity (Wildman–Crippen MR) is 49.8 cm³/mol. The standard InChI is InChI=1S/C9H11FO3S/c10-8-3-1-7(2-4-8)9(11)5-6-14(12)13/h1-4,9,11H,5-6H2,(H,12,13)/p-1. The third kappa shape index (κ3) is 3.53. The van der Waals surface area contributed by atoms with E-state index in [1.54, 1.807) is 0 Å². The number of halogens is 1. The van der Waals surface area contributed by atoms with Crippen LogP contribution in [0.5, 0.6) is 0 Å². The number of aliphatic hydroxyl groups is 1. The molecular weight excluding hydrogens is 207 g/mol. The van der Waals surface area contributed by atoms with Crippen molar-refractivity contribution in [3.05, 3.63) is 35.6 Å². The number of hydrogen-bond donors (Lipinski definition) is 1. The van der Waals surface area contributed by atoms with Crippen molar-refractivity contribution in [1.29, 1.82) is 0 Å². The van der Waals surface area contributed by atoms with E-state index >= 15 is 0 Å². The Labute approximate surface area is 83.9 Å². The fourth-order valence-electron chi connectivity index (χ4n) is 1.06. The maximum atomic E-state index is 12.5. The molecule has 3 nitrogen and oxygen atoms in total. The second-order valence-corrected chi connectivity index (χ2v) is 3.88. The van der Waals surface area contributed by atoms with E-state index in [2.05, 4.69) is 0 Å². The van der Waals surface area contributed by atoms with E-state index in [0.717, 1.165) is 0 Å². The van der Waals surface area contributed by atoms with Gasteiger partial charge in [0, 0.05) is 5.75 Å². The highest BCUT2D eigenvalue weighted by Gasteiger charge is 2.06. The van der Waals surface area contributed by atoms with Crippen LogP contribution in [0.15, 0.2) is 24.3 Å². The van der Waals surface area contributed by atoms with E-state index < -0.39 is 17.2 Å². The Morgan fingerprint density at radius 2 is 2.00 bits per heavy atom. The summed E-state index contributed by atoms with van der Waals surface area (Å²) in [6, 6.07) is 5.33. The smallest absolute Gasteiger partial charge is 0.123 e. The fraction of sp³-hybridized carbons (Fsp3) is 0.333. The van der Waals surface area contributed by atoms with Crippen molar-refractivity contribution in [1.82, 2.24) is 0 Å². The molecule has 0 amide bonds. The average Bonchev–Trinajstić information content (AvgIpc) is 2.15. The van der Waals surface area contributed by atoms with Gasteiger partial charge in [-0.2, -0.15) is 0 Å². The van der Waals surface area contributed by atoms with Gasteiger partial charge in [0.1, 0.15) is 5.82 Å². The fourth-order valence-corrected chi connectivity index (χ4v) is 1.48. The molecule has 0 aliphatic heterocycles. The molecule has 0 aromatic heterocycles. The van der Waals surface area contributed by atoms with Crippen LogP contribution in [0.25, 0.3) is 0 Å². The van der Waals surface area contributed by atoms with Crippen molar-refractivity contribution in [2.45, 2.75) is 12.5 Å². The molecular formula is C9H10FO3S-. The maximum absolute atomic E-state index is 12.5. The summed E-state index contributed by atoms with van der Waals surface area (Å²) < 4.78 is 32.9. The minimum atomic E-state index is -2.15. The van der Waals surface area contributed by atoms with Crippen molar-refractivity contribution >= 4 is 11.1 Å². The summed E-state index contributed by atoms with van der Waals surface area (Å²) in [7, 11) is 0. The highest BCUT2D eigenvalue weighted by Crippen LogP contribution is 2.16. The minimum Gasteiger partial charge on any atom is -0.772 e. The van der Waals surface area contributed by atoms with Gasteiger partial charge in [0.25, 0.3) is 0 Å². The van der Waals surface area contributed by atoms with Crippen LogP contribution in [0.4, 0.5) is 4.39 Å². The normalized spacial score (nSPS) is 15.1. The first-order chi connectivity index (χ1) is 6.59. The van der Waals surface area contributed by atoms with Gasteiger partial charge in [0.05, 0.1) is 6.10 Å². The summed E-state index contributed by atoms with van der Waals surface area (Å²) in [6.45, 7) is 0. The van der Waals surface area contributed by atoms with Gasteiger partial charge in [-0.05, 0) is 24.1 Å². The van der Waals surface area contributed by atoms with Crippen LogP contribution in [-0.2, 0) is 11.1 Å². The summed E-state index contributed by atoms with van der Waals surface area (Å²) in [5.74, 6) is -0.480. The second kappa shape index (κ2) is 5.19. The zero-order chi connectivity index (χ0) is 10.6. The van der Waals surface area contributed by atoms with Gasteiger partial charge in [0.2, 0.25) is 0 Å². The lowest BCUT2D eigenvalue weighted by atomic mass is 10.1. The van der Waals surface area contributed by atoms with Crippen LogP contribution in [-0.4, -0.2) is 19.6 Å². The first-order valence-corrected chi connectivity index (χ1v) is 5.33. The molecule has 0 radical (unpaired) electrons. The van der Waals surface area contributed by atoms with E-state index in [9.17, 15) is 18.3 Å². The second-order valence-electron chi connectivity index (χ2n) is 2.86. The molecule has 0 spiro atoms. The first-order valence-electron chi connectivity index (χ1n) is 4.09. The van der Waals surface area contributed by atoms with Gasteiger partial charge in [0.15, 0.2) is 0 Å². The Hall–Kier alpha value is -0.780. The highest BCUT2D eigenvalue weighted by atomic mass is 32.2. The molecule has 0 fully saturated rings. The van der Waals surface area contributed by atoms with Gasteiger partial charge < -0.3 is 9.66 Å².